The molecule has 7 fully saturated rings. The fourth-order valence-corrected chi connectivity index (χ4v) is 13.3. The number of carbonyl (C=O) groups excluding carboxylic acids is 7. The maximum Gasteiger partial charge on any atom is 0.249 e. The number of rotatable bonds is 23. The van der Waals surface area contributed by atoms with Gasteiger partial charge in [-0.1, -0.05) is 25.7 Å². The van der Waals surface area contributed by atoms with Crippen LogP contribution >= 0.6 is 11.8 Å². The molecule has 382 valence electrons. The summed E-state index contributed by atoms with van der Waals surface area (Å²) in [6, 6.07) is -1.66. The molecule has 0 aromatic carbocycles. The Balaban J connectivity index is 0.746. The van der Waals surface area contributed by atoms with Gasteiger partial charge in [-0.15, -0.1) is 11.8 Å². The number of nitrogens with one attached hydrogen (secondary N) is 6. The highest BCUT2D eigenvalue weighted by Gasteiger charge is 2.55. The Hall–Kier alpha value is -3.25. The predicted octanol–water partition coefficient (Wildman–Crippen LogP) is 0.634. The third-order valence-corrected chi connectivity index (χ3v) is 17.3. The van der Waals surface area contributed by atoms with Crippen molar-refractivity contribution in [3.05, 3.63) is 0 Å². The molecule has 3 saturated carbocycles. The number of hydrogen-bond donors (Lipinski definition) is 6. The van der Waals surface area contributed by atoms with Crippen molar-refractivity contribution in [1.29, 1.82) is 0 Å². The van der Waals surface area contributed by atoms with Crippen LogP contribution in [-0.2, 0) is 57.8 Å². The van der Waals surface area contributed by atoms with Crippen LogP contribution in [0.2, 0.25) is 0 Å². The highest BCUT2D eigenvalue weighted by Crippen LogP contribution is 2.40. The van der Waals surface area contributed by atoms with Crippen LogP contribution in [0.3, 0.4) is 0 Å². The Morgan fingerprint density at radius 2 is 1.60 bits per heavy atom. The van der Waals surface area contributed by atoms with Crippen molar-refractivity contribution in [1.82, 2.24) is 41.1 Å². The number of hydrogen-bond acceptors (Lipinski definition) is 15. The van der Waals surface area contributed by atoms with Gasteiger partial charge in [0.2, 0.25) is 51.4 Å². The number of ether oxygens (including phenoxy) is 3. The summed E-state index contributed by atoms with van der Waals surface area (Å²) in [4.78, 5) is 91.5. The number of carbonyl (C=O) groups is 7. The van der Waals surface area contributed by atoms with E-state index in [0.717, 1.165) is 55.4 Å². The second kappa shape index (κ2) is 25.2. The van der Waals surface area contributed by atoms with E-state index in [2.05, 4.69) is 31.9 Å². The summed E-state index contributed by atoms with van der Waals surface area (Å²) in [5.74, 6) is -2.45. The van der Waals surface area contributed by atoms with E-state index in [1.165, 1.54) is 36.4 Å². The minimum atomic E-state index is -3.42. The lowest BCUT2D eigenvalue weighted by Crippen LogP contribution is -2.55. The van der Waals surface area contributed by atoms with Crippen LogP contribution in [0.5, 0.6) is 0 Å². The first kappa shape index (κ1) is 52.6. The Bertz CT molecular complexity index is 1910. The Labute approximate surface area is 404 Å². The van der Waals surface area contributed by atoms with Crippen LogP contribution in [-0.4, -0.2) is 165 Å². The van der Waals surface area contributed by atoms with Gasteiger partial charge in [-0.25, -0.2) is 12.7 Å². The molecule has 20 nitrogen and oxygen atoms in total. The van der Waals surface area contributed by atoms with Gasteiger partial charge < -0.3 is 35.5 Å². The third kappa shape index (κ3) is 14.4. The lowest BCUT2D eigenvalue weighted by atomic mass is 9.77. The Morgan fingerprint density at radius 3 is 2.34 bits per heavy atom. The number of nitrogens with zero attached hydrogens (tertiary/aromatic N) is 2. The van der Waals surface area contributed by atoms with Crippen LogP contribution in [0.1, 0.15) is 116 Å². The summed E-state index contributed by atoms with van der Waals surface area (Å²) in [7, 11) is -3.42. The van der Waals surface area contributed by atoms with Gasteiger partial charge in [0, 0.05) is 70.1 Å². The minimum absolute atomic E-state index is 0.00850. The quantitative estimate of drug-likeness (QED) is 0.0607. The standard InChI is InChI=1S/C46H74N8O12S2/c1-68(62,63)53-21-17-30(27-53)41(57)49-35(42(58)52-46-50-36(28-67-46)29-8-3-2-4-9-29)18-23-64-22-7-14-38(55)48-20-25-66-32-11-5-10-31(26-32)65-24-19-47-34-13-6-12-33-40(34)45(61)54(44(33)60)37-15-16-39(56)51-43(37)59/h29-37,40,46-47,50H,2-28H2,1H3,(H,48,55)(H,49,57)(H,52,58)(H,51,56,59)/t30?,31?,32?,33?,34?,35-,36?,37?,40?,46?/m0/s1. The predicted molar refractivity (Wildman–Crippen MR) is 251 cm³/mol. The highest BCUT2D eigenvalue weighted by molar-refractivity contribution is 8.00. The van der Waals surface area contributed by atoms with Gasteiger partial charge in [0.15, 0.2) is 0 Å². The number of fused-ring (bicyclic) bond motifs is 1. The average Bonchev–Trinajstić information content (AvgIpc) is 4.07. The zero-order chi connectivity index (χ0) is 48.2. The zero-order valence-electron chi connectivity index (χ0n) is 39.6. The maximum atomic E-state index is 13.6. The monoisotopic (exact) mass is 994 g/mol. The molecule has 3 aliphatic carbocycles. The molecule has 4 saturated heterocycles. The molecule has 0 aromatic heterocycles. The van der Waals surface area contributed by atoms with E-state index in [1.807, 2.05) is 0 Å². The SMILES string of the molecule is CS(=O)(=O)N1CCC(C(=O)N[C@@H](CCOCCCC(=O)NCCOC2CCCC(OCCNC3CCCC4C(=O)N(C5CCC(=O)NC5=O)C(=O)C34)C2)C(=O)NC2NC(C3CCCCC3)CS2)C1. The molecule has 4 heterocycles. The number of thioether (sulfide) groups is 1. The van der Waals surface area contributed by atoms with Crippen LogP contribution in [0.4, 0.5) is 0 Å². The fraction of sp³-hybridized carbons (Fsp3) is 0.848. The van der Waals surface area contributed by atoms with Crippen molar-refractivity contribution in [2.45, 2.75) is 157 Å². The van der Waals surface area contributed by atoms with E-state index in [1.54, 1.807) is 11.8 Å². The first-order chi connectivity index (χ1) is 32.7. The summed E-state index contributed by atoms with van der Waals surface area (Å²) in [6.07, 6.45) is 14.5. The van der Waals surface area contributed by atoms with Crippen molar-refractivity contribution in [3.63, 3.8) is 0 Å². The van der Waals surface area contributed by atoms with Gasteiger partial charge in [0.05, 0.1) is 49.4 Å². The molecule has 7 aliphatic rings. The van der Waals surface area contributed by atoms with E-state index in [9.17, 15) is 42.0 Å². The first-order valence-corrected chi connectivity index (χ1v) is 28.1. The second-order valence-electron chi connectivity index (χ2n) is 19.7. The van der Waals surface area contributed by atoms with E-state index in [4.69, 9.17) is 14.2 Å². The van der Waals surface area contributed by atoms with Crippen molar-refractivity contribution >= 4 is 63.1 Å². The summed E-state index contributed by atoms with van der Waals surface area (Å²) in [6.45, 7) is 2.51. The largest absolute Gasteiger partial charge is 0.381 e. The molecule has 0 aromatic rings. The lowest BCUT2D eigenvalue weighted by Gasteiger charge is -2.32. The van der Waals surface area contributed by atoms with E-state index in [-0.39, 0.29) is 105 Å². The number of likely N-dealkylation sites (tertiary alicyclic amines) is 1. The summed E-state index contributed by atoms with van der Waals surface area (Å²) >= 11 is 1.66. The van der Waals surface area contributed by atoms with Crippen LogP contribution in [0, 0.1) is 23.7 Å². The molecule has 0 bridgehead atoms. The maximum absolute atomic E-state index is 13.6. The van der Waals surface area contributed by atoms with E-state index < -0.39 is 45.8 Å². The van der Waals surface area contributed by atoms with Gasteiger partial charge >= 0.3 is 0 Å². The molecular formula is C46H74N8O12S2. The Kier molecular flexibility index (Phi) is 19.5. The smallest absolute Gasteiger partial charge is 0.249 e. The molecule has 68 heavy (non-hydrogen) atoms. The third-order valence-electron chi connectivity index (χ3n) is 14.9. The Morgan fingerprint density at radius 1 is 0.853 bits per heavy atom. The molecule has 9 unspecified atom stereocenters. The fourth-order valence-electron chi connectivity index (χ4n) is 11.2. The molecule has 0 spiro atoms. The molecule has 10 atom stereocenters. The van der Waals surface area contributed by atoms with Gasteiger partial charge in [0.1, 0.15) is 17.6 Å². The molecule has 22 heteroatoms. The average molecular weight is 995 g/mol. The first-order valence-electron chi connectivity index (χ1n) is 25.2. The summed E-state index contributed by atoms with van der Waals surface area (Å²) in [5, 5.41) is 18.1. The number of piperidine rings is 1. The molecular weight excluding hydrogens is 921 g/mol. The molecule has 7 rings (SSSR count). The van der Waals surface area contributed by atoms with Crippen molar-refractivity contribution in [3.8, 4) is 0 Å². The highest BCUT2D eigenvalue weighted by atomic mass is 32.2. The van der Waals surface area contributed by atoms with E-state index in [0.29, 0.717) is 64.1 Å². The van der Waals surface area contributed by atoms with Gasteiger partial charge in [-0.05, 0) is 83.0 Å². The zero-order valence-corrected chi connectivity index (χ0v) is 41.2. The van der Waals surface area contributed by atoms with E-state index >= 15 is 0 Å². The number of imide groups is 2. The number of sulfonamides is 1. The minimum Gasteiger partial charge on any atom is -0.381 e. The van der Waals surface area contributed by atoms with Crippen molar-refractivity contribution in [2.75, 3.05) is 64.6 Å². The van der Waals surface area contributed by atoms with Crippen molar-refractivity contribution in [2.24, 2.45) is 23.7 Å². The summed E-state index contributed by atoms with van der Waals surface area (Å²) < 4.78 is 43.6. The topological polar surface area (TPSA) is 260 Å². The second-order valence-corrected chi connectivity index (χ2v) is 22.8. The lowest BCUT2D eigenvalue weighted by molar-refractivity contribution is -0.151. The van der Waals surface area contributed by atoms with Gasteiger partial charge in [0.25, 0.3) is 0 Å². The van der Waals surface area contributed by atoms with Crippen LogP contribution in [0.15, 0.2) is 0 Å². The molecule has 7 amide bonds. The summed E-state index contributed by atoms with van der Waals surface area (Å²) in [5.41, 5.74) is -0.262. The molecule has 6 N–H and O–H groups in total. The van der Waals surface area contributed by atoms with Gasteiger partial charge in [-0.2, -0.15) is 0 Å². The molecule has 4 aliphatic heterocycles. The van der Waals surface area contributed by atoms with Crippen molar-refractivity contribution < 1.29 is 56.2 Å². The van der Waals surface area contributed by atoms with Gasteiger partial charge in [-0.3, -0.25) is 49.1 Å². The normalized spacial score (nSPS) is 31.1. The molecule has 0 radical (unpaired) electrons. The van der Waals surface area contributed by atoms with Crippen LogP contribution in [0.25, 0.3) is 0 Å². The number of amides is 7. The van der Waals surface area contributed by atoms with Crippen LogP contribution < -0.4 is 31.9 Å².